The molecule has 3 nitrogen and oxygen atoms in total. The van der Waals surface area contributed by atoms with Crippen molar-refractivity contribution in [2.24, 2.45) is 0 Å². The van der Waals surface area contributed by atoms with Crippen LogP contribution < -0.4 is 5.32 Å². The fourth-order valence-corrected chi connectivity index (χ4v) is 3.34. The Labute approximate surface area is 148 Å². The average Bonchev–Trinajstić information content (AvgIpc) is 2.42. The predicted molar refractivity (Wildman–Crippen MR) is 97.3 cm³/mol. The number of benzene rings is 1. The van der Waals surface area contributed by atoms with Crippen molar-refractivity contribution in [3.63, 3.8) is 0 Å². The molecule has 1 aliphatic heterocycles. The lowest BCUT2D eigenvalue weighted by Crippen LogP contribution is -2.45. The number of aromatic hydroxyl groups is 1. The Morgan fingerprint density at radius 1 is 1.29 bits per heavy atom. The zero-order valence-corrected chi connectivity index (χ0v) is 16.0. The number of halogens is 3. The van der Waals surface area contributed by atoms with Crippen molar-refractivity contribution in [1.82, 2.24) is 10.2 Å². The van der Waals surface area contributed by atoms with Crippen LogP contribution in [-0.4, -0.2) is 36.2 Å². The van der Waals surface area contributed by atoms with Gasteiger partial charge in [-0.25, -0.2) is 0 Å². The molecule has 0 bridgehead atoms. The highest BCUT2D eigenvalue weighted by Gasteiger charge is 2.25. The van der Waals surface area contributed by atoms with Crippen LogP contribution in [0.4, 0.5) is 0 Å². The molecule has 0 radical (unpaired) electrons. The summed E-state index contributed by atoms with van der Waals surface area (Å²) in [5, 5.41) is 13.7. The predicted octanol–water partition coefficient (Wildman–Crippen LogP) is 3.97. The first-order chi connectivity index (χ1) is 9.06. The van der Waals surface area contributed by atoms with Crippen LogP contribution in [0.3, 0.4) is 0 Å². The largest absolute Gasteiger partial charge is 0.508 e. The van der Waals surface area contributed by atoms with Gasteiger partial charge in [-0.3, -0.25) is 4.90 Å². The van der Waals surface area contributed by atoms with Crippen molar-refractivity contribution in [1.29, 1.82) is 0 Å². The van der Waals surface area contributed by atoms with E-state index in [0.29, 0.717) is 11.8 Å². The lowest BCUT2D eigenvalue weighted by Gasteiger charge is -2.36. The molecular formula is C15H25BrCl2N2O. The molecule has 1 aromatic carbocycles. The van der Waals surface area contributed by atoms with Gasteiger partial charge < -0.3 is 10.4 Å². The standard InChI is InChI=1S/C15H23BrN2O.2ClH/c1-4-12(18-7-5-17-6-8-18)14-11(3)15(16)10(2)9-13(14)19;;/h9,12,17,19H,4-8H2,1-3H3;2*1H/t12-;;/m1../s1. The van der Waals surface area contributed by atoms with Gasteiger partial charge >= 0.3 is 0 Å². The van der Waals surface area contributed by atoms with E-state index in [2.05, 4.69) is 40.0 Å². The van der Waals surface area contributed by atoms with E-state index in [0.717, 1.165) is 48.2 Å². The number of rotatable bonds is 3. The molecule has 1 atom stereocenters. The quantitative estimate of drug-likeness (QED) is 0.806. The molecule has 0 saturated carbocycles. The van der Waals surface area contributed by atoms with Crippen LogP contribution in [0.2, 0.25) is 0 Å². The highest BCUT2D eigenvalue weighted by Crippen LogP contribution is 2.38. The molecule has 6 heteroatoms. The van der Waals surface area contributed by atoms with Gasteiger partial charge in [0.05, 0.1) is 0 Å². The summed E-state index contributed by atoms with van der Waals surface area (Å²) in [6, 6.07) is 2.18. The SMILES string of the molecule is CC[C@H](c1c(O)cc(C)c(Br)c1C)N1CCNCC1.Cl.Cl. The van der Waals surface area contributed by atoms with Gasteiger partial charge in [-0.1, -0.05) is 22.9 Å². The Balaban J connectivity index is 0.00000200. The third kappa shape index (κ3) is 4.49. The van der Waals surface area contributed by atoms with Gasteiger partial charge in [0.25, 0.3) is 0 Å². The molecule has 0 amide bonds. The first-order valence-electron chi connectivity index (χ1n) is 6.99. The molecule has 1 saturated heterocycles. The second-order valence-electron chi connectivity index (χ2n) is 5.28. The van der Waals surface area contributed by atoms with Crippen LogP contribution in [0, 0.1) is 13.8 Å². The fourth-order valence-electron chi connectivity index (χ4n) is 3.01. The van der Waals surface area contributed by atoms with Gasteiger partial charge in [-0.2, -0.15) is 0 Å². The van der Waals surface area contributed by atoms with Gasteiger partial charge in [0, 0.05) is 42.3 Å². The van der Waals surface area contributed by atoms with E-state index in [1.54, 1.807) is 0 Å². The maximum absolute atomic E-state index is 10.4. The van der Waals surface area contributed by atoms with Crippen molar-refractivity contribution >= 4 is 40.7 Å². The summed E-state index contributed by atoms with van der Waals surface area (Å²) < 4.78 is 1.12. The minimum absolute atomic E-state index is 0. The van der Waals surface area contributed by atoms with Crippen LogP contribution >= 0.6 is 40.7 Å². The summed E-state index contributed by atoms with van der Waals surface area (Å²) in [4.78, 5) is 2.47. The van der Waals surface area contributed by atoms with Gasteiger partial charge in [0.15, 0.2) is 0 Å². The molecule has 0 aliphatic carbocycles. The van der Waals surface area contributed by atoms with E-state index in [-0.39, 0.29) is 24.8 Å². The summed E-state index contributed by atoms with van der Waals surface area (Å²) in [7, 11) is 0. The Bertz CT molecular complexity index is 465. The van der Waals surface area contributed by atoms with Gasteiger partial charge in [0.1, 0.15) is 5.75 Å². The number of nitrogens with zero attached hydrogens (tertiary/aromatic N) is 1. The molecule has 0 unspecified atom stereocenters. The van der Waals surface area contributed by atoms with E-state index in [9.17, 15) is 5.11 Å². The lowest BCUT2D eigenvalue weighted by molar-refractivity contribution is 0.166. The zero-order valence-electron chi connectivity index (χ0n) is 12.8. The number of hydrogen-bond acceptors (Lipinski definition) is 3. The summed E-state index contributed by atoms with van der Waals surface area (Å²) in [6.45, 7) is 10.5. The molecule has 1 aliphatic rings. The van der Waals surface area contributed by atoms with Crippen LogP contribution in [0.5, 0.6) is 5.75 Å². The van der Waals surface area contributed by atoms with Gasteiger partial charge in [-0.05, 0) is 37.5 Å². The van der Waals surface area contributed by atoms with Crippen molar-refractivity contribution in [2.45, 2.75) is 33.2 Å². The molecule has 0 aromatic heterocycles. The number of phenolic OH excluding ortho intramolecular Hbond substituents is 1. The van der Waals surface area contributed by atoms with E-state index >= 15 is 0 Å². The van der Waals surface area contributed by atoms with Gasteiger partial charge in [-0.15, -0.1) is 24.8 Å². The molecule has 0 spiro atoms. The molecule has 122 valence electrons. The maximum atomic E-state index is 10.4. The highest BCUT2D eigenvalue weighted by atomic mass is 79.9. The third-order valence-corrected chi connectivity index (χ3v) is 5.24. The van der Waals surface area contributed by atoms with Crippen molar-refractivity contribution < 1.29 is 5.11 Å². The van der Waals surface area contributed by atoms with Crippen molar-refractivity contribution in [3.8, 4) is 5.75 Å². The Kier molecular flexibility index (Phi) is 9.21. The fraction of sp³-hybridized carbons (Fsp3) is 0.600. The normalized spacial score (nSPS) is 16.8. The number of hydrogen-bond donors (Lipinski definition) is 2. The smallest absolute Gasteiger partial charge is 0.120 e. The molecular weight excluding hydrogens is 375 g/mol. The van der Waals surface area contributed by atoms with E-state index in [1.165, 1.54) is 5.56 Å². The molecule has 2 N–H and O–H groups in total. The molecule has 1 heterocycles. The number of aryl methyl sites for hydroxylation is 1. The van der Waals surface area contributed by atoms with E-state index in [1.807, 2.05) is 13.0 Å². The minimum Gasteiger partial charge on any atom is -0.508 e. The van der Waals surface area contributed by atoms with Crippen molar-refractivity contribution in [3.05, 3.63) is 27.2 Å². The number of nitrogens with one attached hydrogen (secondary N) is 1. The zero-order chi connectivity index (χ0) is 14.0. The average molecular weight is 400 g/mol. The Morgan fingerprint density at radius 3 is 2.38 bits per heavy atom. The maximum Gasteiger partial charge on any atom is 0.120 e. The first kappa shape index (κ1) is 21.0. The molecule has 2 rings (SSSR count). The number of phenols is 1. The third-order valence-electron chi connectivity index (χ3n) is 4.02. The monoisotopic (exact) mass is 398 g/mol. The lowest BCUT2D eigenvalue weighted by atomic mass is 9.94. The summed E-state index contributed by atoms with van der Waals surface area (Å²) in [6.07, 6.45) is 1.02. The topological polar surface area (TPSA) is 35.5 Å². The van der Waals surface area contributed by atoms with E-state index < -0.39 is 0 Å². The second kappa shape index (κ2) is 9.21. The van der Waals surface area contributed by atoms with Crippen LogP contribution in [0.1, 0.15) is 36.1 Å². The minimum atomic E-state index is 0. The first-order valence-corrected chi connectivity index (χ1v) is 7.78. The summed E-state index contributed by atoms with van der Waals surface area (Å²) in [5.74, 6) is 0.434. The summed E-state index contributed by atoms with van der Waals surface area (Å²) in [5.41, 5.74) is 3.35. The van der Waals surface area contributed by atoms with E-state index in [4.69, 9.17) is 0 Å². The summed E-state index contributed by atoms with van der Waals surface area (Å²) >= 11 is 3.64. The number of piperazine rings is 1. The van der Waals surface area contributed by atoms with Crippen LogP contribution in [-0.2, 0) is 0 Å². The highest BCUT2D eigenvalue weighted by molar-refractivity contribution is 9.10. The molecule has 21 heavy (non-hydrogen) atoms. The van der Waals surface area contributed by atoms with Gasteiger partial charge in [0.2, 0.25) is 0 Å². The molecule has 1 aromatic rings. The van der Waals surface area contributed by atoms with Crippen LogP contribution in [0.25, 0.3) is 0 Å². The Hall–Kier alpha value is -0.000000000000000222. The van der Waals surface area contributed by atoms with Crippen molar-refractivity contribution in [2.75, 3.05) is 26.2 Å². The second-order valence-corrected chi connectivity index (χ2v) is 6.07. The Morgan fingerprint density at radius 2 is 1.86 bits per heavy atom. The molecule has 1 fully saturated rings. The van der Waals surface area contributed by atoms with Crippen LogP contribution in [0.15, 0.2) is 10.5 Å².